The summed E-state index contributed by atoms with van der Waals surface area (Å²) in [6.45, 7) is 27.9. The molecule has 9 rings (SSSR count). The maximum Gasteiger partial charge on any atom is 0.417 e. The molecule has 3 fully saturated rings. The summed E-state index contributed by atoms with van der Waals surface area (Å²) in [7, 11) is 0. The molecular formula is C80H100Cl3F9N12O13. The standard InChI is InChI=1S/2C26H30ClF3N4O4.C13H15ClF3N.C13H17N3O5.2CH4/c2*1-14-6-9-20(16-7-8-18(19(27)11-16)26(28,29)30)34(13-14)23(36)22(35)32-17-10-15(2)21(31-12-17)33-24(37)38-25(3,4)5;1-8-2-5-12(18-7-8)9-3-4-10(11(14)6-9)13(15,16)17;1-7-5-8(15-10(17)11(18)19)6-14-9(7)16-12(20)21-13(2,3)4;;/h2*7-8,10-12,14,20H,6,9,13H2,1-5H3,(H,32,35)(H,31,33,37);3-4,6,8,12,18H,2,5,7H2,1H3;5-6H,1-4H3,(H,15,17)(H,18,19)(H,14,16,20);2*1H4/t14-,20+;;;;;/m1...../s1. The summed E-state index contributed by atoms with van der Waals surface area (Å²) in [4.78, 5) is 124. The van der Waals surface area contributed by atoms with Gasteiger partial charge in [0.1, 0.15) is 34.3 Å². The number of hydrogen-bond acceptors (Lipinski definition) is 16. The lowest BCUT2D eigenvalue weighted by Crippen LogP contribution is -2.46. The van der Waals surface area contributed by atoms with Crippen LogP contribution in [0.25, 0.3) is 0 Å². The van der Waals surface area contributed by atoms with Gasteiger partial charge in [0.15, 0.2) is 0 Å². The van der Waals surface area contributed by atoms with E-state index in [1.54, 1.807) is 83.1 Å². The number of aliphatic carboxylic acids is 1. The summed E-state index contributed by atoms with van der Waals surface area (Å²) in [6.07, 6.45) is -7.40. The van der Waals surface area contributed by atoms with Crippen LogP contribution in [0.2, 0.25) is 15.1 Å². The van der Waals surface area contributed by atoms with Gasteiger partial charge in [-0.3, -0.25) is 39.9 Å². The van der Waals surface area contributed by atoms with Crippen LogP contribution in [0.4, 0.5) is 88.4 Å². The van der Waals surface area contributed by atoms with Crippen molar-refractivity contribution < 1.29 is 102 Å². The summed E-state index contributed by atoms with van der Waals surface area (Å²) in [6, 6.07) is 14.2. The molecule has 37 heteroatoms. The number of carboxylic acid groups (broad SMARTS) is 1. The fraction of sp³-hybridized carbons (Fsp3) is 0.475. The van der Waals surface area contributed by atoms with Crippen molar-refractivity contribution >= 4 is 123 Å². The van der Waals surface area contributed by atoms with Crippen molar-refractivity contribution in [2.45, 2.75) is 211 Å². The number of aryl methyl sites for hydroxylation is 3. The van der Waals surface area contributed by atoms with Crippen LogP contribution >= 0.6 is 34.8 Å². The maximum absolute atomic E-state index is 13.2. The lowest BCUT2D eigenvalue weighted by molar-refractivity contribution is -0.147. The number of benzene rings is 3. The Balaban J connectivity index is 0.000000342. The van der Waals surface area contributed by atoms with Crippen molar-refractivity contribution in [2.24, 2.45) is 17.8 Å². The minimum Gasteiger partial charge on any atom is -0.474 e. The molecule has 3 aliphatic rings. The molecule has 3 saturated heterocycles. The number of carbonyl (C=O) groups excluding carboxylic acids is 8. The number of aromatic nitrogens is 3. The number of amides is 8. The molecule has 0 aliphatic carbocycles. The van der Waals surface area contributed by atoms with E-state index in [1.165, 1.54) is 83.0 Å². The van der Waals surface area contributed by atoms with Gasteiger partial charge in [-0.1, -0.05) is 88.6 Å². The van der Waals surface area contributed by atoms with E-state index >= 15 is 0 Å². The van der Waals surface area contributed by atoms with E-state index in [0.717, 1.165) is 56.0 Å². The second kappa shape index (κ2) is 41.4. The van der Waals surface area contributed by atoms with E-state index in [0.29, 0.717) is 46.6 Å². The van der Waals surface area contributed by atoms with Gasteiger partial charge < -0.3 is 50.4 Å². The number of nitrogens with one attached hydrogen (secondary N) is 7. The Labute approximate surface area is 688 Å². The molecule has 25 nitrogen and oxygen atoms in total. The van der Waals surface area contributed by atoms with E-state index < -0.39 is 128 Å². The van der Waals surface area contributed by atoms with Crippen LogP contribution in [-0.2, 0) is 61.5 Å². The first-order valence-corrected chi connectivity index (χ1v) is 37.2. The van der Waals surface area contributed by atoms with Gasteiger partial charge in [0, 0.05) is 19.1 Å². The van der Waals surface area contributed by atoms with E-state index in [-0.39, 0.29) is 85.4 Å². The Morgan fingerprint density at radius 3 is 0.983 bits per heavy atom. The number of nitrogens with zero attached hydrogens (tertiary/aromatic N) is 5. The van der Waals surface area contributed by atoms with Crippen LogP contribution < -0.4 is 37.2 Å². The van der Waals surface area contributed by atoms with Crippen molar-refractivity contribution in [3.63, 3.8) is 0 Å². The van der Waals surface area contributed by atoms with Crippen LogP contribution in [0, 0.1) is 38.5 Å². The number of pyridine rings is 3. The average Bonchev–Trinajstić information content (AvgIpc) is 0.793. The molecule has 3 aliphatic heterocycles. The highest BCUT2D eigenvalue weighted by atomic mass is 35.5. The molecule has 3 aromatic carbocycles. The second-order valence-electron chi connectivity index (χ2n) is 30.9. The fourth-order valence-corrected chi connectivity index (χ4v) is 12.9. The number of carbonyl (C=O) groups is 9. The molecule has 6 aromatic rings. The molecule has 0 bridgehead atoms. The van der Waals surface area contributed by atoms with Crippen LogP contribution in [0.3, 0.4) is 0 Å². The molecule has 0 radical (unpaired) electrons. The van der Waals surface area contributed by atoms with Crippen molar-refractivity contribution in [1.82, 2.24) is 30.1 Å². The molecule has 8 N–H and O–H groups in total. The number of hydrogen-bond donors (Lipinski definition) is 8. The molecule has 6 atom stereocenters. The predicted molar refractivity (Wildman–Crippen MR) is 428 cm³/mol. The van der Waals surface area contributed by atoms with Crippen LogP contribution in [0.15, 0.2) is 91.4 Å². The Hall–Kier alpha value is -10.1. The third kappa shape index (κ3) is 30.7. The minimum atomic E-state index is -4.60. The molecule has 4 unspecified atom stereocenters. The number of carboxylic acids is 1. The molecule has 3 aromatic heterocycles. The minimum absolute atomic E-state index is 0. The van der Waals surface area contributed by atoms with Gasteiger partial charge in [-0.25, -0.2) is 34.1 Å². The smallest absolute Gasteiger partial charge is 0.417 e. The summed E-state index contributed by atoms with van der Waals surface area (Å²) in [5.74, 6) is -4.73. The van der Waals surface area contributed by atoms with E-state index in [9.17, 15) is 82.7 Å². The maximum atomic E-state index is 13.2. The number of ether oxygens (including phenoxy) is 3. The Morgan fingerprint density at radius 2 is 0.718 bits per heavy atom. The molecule has 117 heavy (non-hydrogen) atoms. The normalized spacial score (nSPS) is 17.5. The van der Waals surface area contributed by atoms with E-state index in [4.69, 9.17) is 54.1 Å². The molecule has 8 amide bonds. The molecule has 0 spiro atoms. The average molecular weight is 1720 g/mol. The highest BCUT2D eigenvalue weighted by Gasteiger charge is 2.41. The SMILES string of the molecule is C.C.CC1CCC(c2ccc(C(F)(F)F)c(Cl)c2)NC1.Cc1cc(NC(=O)C(=O)N2CC(C)CCC2c2ccc(C(F)(F)F)c(Cl)c2)cnc1NC(=O)OC(C)(C)C.Cc1cc(NC(=O)C(=O)N2C[C@H](C)CC[C@H]2c2ccc(C(F)(F)F)c(Cl)c2)cnc1NC(=O)OC(C)(C)C.Cc1cc(NC(=O)C(=O)O)cnc1NC(=O)OC(C)(C)C. The quantitative estimate of drug-likeness (QED) is 0.0379. The van der Waals surface area contributed by atoms with Crippen LogP contribution in [0.1, 0.15) is 205 Å². The monoisotopic (exact) mass is 1710 g/mol. The fourth-order valence-electron chi connectivity index (χ4n) is 12.0. The highest BCUT2D eigenvalue weighted by molar-refractivity contribution is 6.40. The van der Waals surface area contributed by atoms with Crippen molar-refractivity contribution in [3.8, 4) is 0 Å². The predicted octanol–water partition coefficient (Wildman–Crippen LogP) is 20.1. The van der Waals surface area contributed by atoms with Crippen LogP contribution in [0.5, 0.6) is 0 Å². The second-order valence-corrected chi connectivity index (χ2v) is 32.1. The third-order valence-electron chi connectivity index (χ3n) is 17.3. The highest BCUT2D eigenvalue weighted by Crippen LogP contribution is 2.43. The third-order valence-corrected chi connectivity index (χ3v) is 18.3. The number of likely N-dealkylation sites (tertiary alicyclic amines) is 2. The first-order chi connectivity index (χ1) is 53.1. The zero-order valence-electron chi connectivity index (χ0n) is 65.6. The van der Waals surface area contributed by atoms with Gasteiger partial charge >= 0.3 is 72.3 Å². The first kappa shape index (κ1) is 99.3. The number of piperidine rings is 3. The van der Waals surface area contributed by atoms with Crippen molar-refractivity contribution in [2.75, 3.05) is 51.5 Å². The number of rotatable bonds is 9. The largest absolute Gasteiger partial charge is 0.474 e. The Kier molecular flexibility index (Phi) is 35.1. The topological polar surface area (TPSA) is 331 Å². The molecule has 0 saturated carbocycles. The summed E-state index contributed by atoms with van der Waals surface area (Å²) in [5, 5.41) is 25.4. The zero-order valence-corrected chi connectivity index (χ0v) is 67.9. The number of anilines is 6. The molecule has 642 valence electrons. The van der Waals surface area contributed by atoms with Gasteiger partial charge in [0.05, 0.1) is 79.5 Å². The van der Waals surface area contributed by atoms with Gasteiger partial charge in [-0.2, -0.15) is 39.5 Å². The molecular weight excluding hydrogens is 1610 g/mol. The summed E-state index contributed by atoms with van der Waals surface area (Å²) < 4.78 is 132. The summed E-state index contributed by atoms with van der Waals surface area (Å²) in [5.41, 5.74) is -0.769. The lowest BCUT2D eigenvalue weighted by atomic mass is 9.89. The first-order valence-electron chi connectivity index (χ1n) is 36.1. The zero-order chi connectivity index (χ0) is 86.4. The van der Waals surface area contributed by atoms with Gasteiger partial charge in [-0.05, 0) is 234 Å². The van der Waals surface area contributed by atoms with Gasteiger partial charge in [0.25, 0.3) is 0 Å². The van der Waals surface area contributed by atoms with Crippen molar-refractivity contribution in [3.05, 3.63) is 157 Å². The number of halogens is 12. The lowest BCUT2D eigenvalue weighted by Gasteiger charge is -2.38. The van der Waals surface area contributed by atoms with Gasteiger partial charge in [-0.15, -0.1) is 0 Å². The Morgan fingerprint density at radius 1 is 0.427 bits per heavy atom. The van der Waals surface area contributed by atoms with Gasteiger partial charge in [0.2, 0.25) is 0 Å². The number of alkyl halides is 9. The van der Waals surface area contributed by atoms with Crippen LogP contribution in [-0.4, -0.2) is 120 Å². The van der Waals surface area contributed by atoms with E-state index in [1.807, 2.05) is 13.8 Å². The Bertz CT molecular complexity index is 4360. The van der Waals surface area contributed by atoms with E-state index in [2.05, 4.69) is 59.1 Å². The summed E-state index contributed by atoms with van der Waals surface area (Å²) >= 11 is 17.5. The van der Waals surface area contributed by atoms with Crippen molar-refractivity contribution in [1.29, 1.82) is 0 Å². The molecule has 6 heterocycles.